The third-order valence-corrected chi connectivity index (χ3v) is 3.06. The molecule has 17 heavy (non-hydrogen) atoms. The van der Waals surface area contributed by atoms with Gasteiger partial charge in [0, 0.05) is 32.3 Å². The molecule has 0 saturated carbocycles. The Balaban J connectivity index is 4.02. The van der Waals surface area contributed by atoms with E-state index in [0.29, 0.717) is 12.6 Å². The highest BCUT2D eigenvalue weighted by atomic mass is 16.5. The smallest absolute Gasteiger partial charge is 0.0709 e. The molecule has 0 rings (SSSR count). The second-order valence-corrected chi connectivity index (χ2v) is 4.84. The molecule has 0 aliphatic heterocycles. The maximum atomic E-state index is 5.69. The third kappa shape index (κ3) is 7.71. The molecule has 0 saturated heterocycles. The average Bonchev–Trinajstić information content (AvgIpc) is 2.27. The quantitative estimate of drug-likeness (QED) is 0.624. The molecule has 0 heterocycles. The number of hydrogen-bond donors (Lipinski definition) is 1. The molecule has 104 valence electrons. The summed E-state index contributed by atoms with van der Waals surface area (Å²) in [6, 6.07) is 0.579. The molecule has 2 atom stereocenters. The monoisotopic (exact) mass is 245 g/mol. The number of likely N-dealkylation sites (N-methyl/N-ethyl adjacent to an activating group) is 2. The summed E-state index contributed by atoms with van der Waals surface area (Å²) in [6.45, 7) is 11.1. The first-order valence-corrected chi connectivity index (χ1v) is 6.75. The molecule has 0 bridgehead atoms. The molecule has 0 spiro atoms. The zero-order valence-electron chi connectivity index (χ0n) is 12.3. The van der Waals surface area contributed by atoms with Gasteiger partial charge < -0.3 is 15.4 Å². The Kier molecular flexibility index (Phi) is 9.74. The van der Waals surface area contributed by atoms with E-state index in [4.69, 9.17) is 10.5 Å². The lowest BCUT2D eigenvalue weighted by atomic mass is 10.2. The Labute approximate surface area is 107 Å². The second kappa shape index (κ2) is 9.83. The number of nitrogens with zero attached hydrogens (tertiary/aromatic N) is 2. The van der Waals surface area contributed by atoms with Gasteiger partial charge in [0.05, 0.1) is 6.10 Å². The van der Waals surface area contributed by atoms with Crippen LogP contribution in [-0.2, 0) is 4.74 Å². The molecule has 4 heteroatoms. The minimum Gasteiger partial charge on any atom is -0.377 e. The predicted molar refractivity (Wildman–Crippen MR) is 74.3 cm³/mol. The molecule has 2 N–H and O–H groups in total. The molecule has 4 nitrogen and oxygen atoms in total. The fourth-order valence-electron chi connectivity index (χ4n) is 2.15. The van der Waals surface area contributed by atoms with E-state index in [0.717, 1.165) is 32.7 Å². The van der Waals surface area contributed by atoms with Crippen LogP contribution in [-0.4, -0.2) is 68.8 Å². The first-order chi connectivity index (χ1) is 8.04. The lowest BCUT2D eigenvalue weighted by Gasteiger charge is -2.31. The van der Waals surface area contributed by atoms with Crippen molar-refractivity contribution in [3.8, 4) is 0 Å². The third-order valence-electron chi connectivity index (χ3n) is 3.06. The van der Waals surface area contributed by atoms with E-state index in [9.17, 15) is 0 Å². The van der Waals surface area contributed by atoms with Crippen LogP contribution in [0.1, 0.15) is 27.2 Å². The van der Waals surface area contributed by atoms with Crippen LogP contribution in [0.25, 0.3) is 0 Å². The van der Waals surface area contributed by atoms with E-state index in [1.165, 1.54) is 0 Å². The van der Waals surface area contributed by atoms with Crippen LogP contribution in [0.5, 0.6) is 0 Å². The van der Waals surface area contributed by atoms with Gasteiger partial charge in [-0.05, 0) is 40.9 Å². The van der Waals surface area contributed by atoms with Crippen molar-refractivity contribution in [2.24, 2.45) is 5.73 Å². The van der Waals surface area contributed by atoms with Crippen molar-refractivity contribution < 1.29 is 4.74 Å². The highest BCUT2D eigenvalue weighted by Gasteiger charge is 2.15. The number of ether oxygens (including phenoxy) is 1. The largest absolute Gasteiger partial charge is 0.377 e. The molecule has 0 aromatic heterocycles. The van der Waals surface area contributed by atoms with Crippen LogP contribution < -0.4 is 5.73 Å². The molecule has 0 fully saturated rings. The first-order valence-electron chi connectivity index (χ1n) is 6.75. The molecule has 0 aromatic rings. The zero-order valence-corrected chi connectivity index (χ0v) is 12.3. The van der Waals surface area contributed by atoms with Gasteiger partial charge in [0.2, 0.25) is 0 Å². The predicted octanol–water partition coefficient (Wildman–Crippen LogP) is 1.01. The number of hydrogen-bond acceptors (Lipinski definition) is 4. The highest BCUT2D eigenvalue weighted by molar-refractivity contribution is 4.71. The molecule has 0 aliphatic rings. The summed E-state index contributed by atoms with van der Waals surface area (Å²) in [4.78, 5) is 4.72. The van der Waals surface area contributed by atoms with Gasteiger partial charge in [0.1, 0.15) is 0 Å². The molecule has 0 radical (unpaired) electrons. The van der Waals surface area contributed by atoms with Crippen LogP contribution >= 0.6 is 0 Å². The second-order valence-electron chi connectivity index (χ2n) is 4.84. The Morgan fingerprint density at radius 1 is 1.24 bits per heavy atom. The maximum Gasteiger partial charge on any atom is 0.0709 e. The van der Waals surface area contributed by atoms with Gasteiger partial charge in [-0.15, -0.1) is 0 Å². The van der Waals surface area contributed by atoms with Gasteiger partial charge in [0.25, 0.3) is 0 Å². The van der Waals surface area contributed by atoms with Crippen LogP contribution in [0, 0.1) is 0 Å². The molecule has 2 unspecified atom stereocenters. The van der Waals surface area contributed by atoms with Gasteiger partial charge >= 0.3 is 0 Å². The fraction of sp³-hybridized carbons (Fsp3) is 1.00. The van der Waals surface area contributed by atoms with Gasteiger partial charge in [-0.2, -0.15) is 0 Å². The van der Waals surface area contributed by atoms with Crippen molar-refractivity contribution in [2.45, 2.75) is 39.3 Å². The van der Waals surface area contributed by atoms with E-state index in [1.54, 1.807) is 0 Å². The maximum absolute atomic E-state index is 5.69. The van der Waals surface area contributed by atoms with Crippen molar-refractivity contribution >= 4 is 0 Å². The van der Waals surface area contributed by atoms with Crippen molar-refractivity contribution in [2.75, 3.05) is 46.9 Å². The summed E-state index contributed by atoms with van der Waals surface area (Å²) in [5.74, 6) is 0. The first kappa shape index (κ1) is 16.8. The normalized spacial score (nSPS) is 15.5. The van der Waals surface area contributed by atoms with Gasteiger partial charge in [-0.3, -0.25) is 4.90 Å². The summed E-state index contributed by atoms with van der Waals surface area (Å²) in [5.41, 5.74) is 5.69. The van der Waals surface area contributed by atoms with E-state index < -0.39 is 0 Å². The van der Waals surface area contributed by atoms with Crippen molar-refractivity contribution in [3.05, 3.63) is 0 Å². The molecule has 0 aliphatic carbocycles. The van der Waals surface area contributed by atoms with Crippen LogP contribution in [0.3, 0.4) is 0 Å². The SMILES string of the molecule is CCOC(CN)CCN(CC)C(C)CN(C)C. The minimum absolute atomic E-state index is 0.209. The summed E-state index contributed by atoms with van der Waals surface area (Å²) >= 11 is 0. The standard InChI is InChI=1S/C13H31N3O/c1-6-16(12(3)11-15(4)5)9-8-13(10-14)17-7-2/h12-13H,6-11,14H2,1-5H3. The average molecular weight is 245 g/mol. The van der Waals surface area contributed by atoms with Crippen LogP contribution in [0.4, 0.5) is 0 Å². The van der Waals surface area contributed by atoms with E-state index in [-0.39, 0.29) is 6.10 Å². The molecule has 0 aromatic carbocycles. The lowest BCUT2D eigenvalue weighted by Crippen LogP contribution is -2.42. The van der Waals surface area contributed by atoms with Crippen molar-refractivity contribution in [1.82, 2.24) is 9.80 Å². The van der Waals surface area contributed by atoms with Crippen molar-refractivity contribution in [3.63, 3.8) is 0 Å². The van der Waals surface area contributed by atoms with Crippen LogP contribution in [0.2, 0.25) is 0 Å². The van der Waals surface area contributed by atoms with E-state index in [1.807, 2.05) is 6.92 Å². The Bertz CT molecular complexity index is 176. The topological polar surface area (TPSA) is 41.7 Å². The molecule has 0 amide bonds. The zero-order chi connectivity index (χ0) is 13.3. The van der Waals surface area contributed by atoms with Gasteiger partial charge in [-0.25, -0.2) is 0 Å². The highest BCUT2D eigenvalue weighted by Crippen LogP contribution is 2.05. The lowest BCUT2D eigenvalue weighted by molar-refractivity contribution is 0.0497. The van der Waals surface area contributed by atoms with Gasteiger partial charge in [0.15, 0.2) is 0 Å². The van der Waals surface area contributed by atoms with Gasteiger partial charge in [-0.1, -0.05) is 6.92 Å². The van der Waals surface area contributed by atoms with E-state index >= 15 is 0 Å². The summed E-state index contributed by atoms with van der Waals surface area (Å²) in [5, 5.41) is 0. The van der Waals surface area contributed by atoms with E-state index in [2.05, 4.69) is 37.7 Å². The Morgan fingerprint density at radius 2 is 1.88 bits per heavy atom. The Hall–Kier alpha value is -0.160. The summed E-state index contributed by atoms with van der Waals surface area (Å²) in [6.07, 6.45) is 1.23. The van der Waals surface area contributed by atoms with Crippen molar-refractivity contribution in [1.29, 1.82) is 0 Å². The fourth-order valence-corrected chi connectivity index (χ4v) is 2.15. The molecular weight excluding hydrogens is 214 g/mol. The molecular formula is C13H31N3O. The summed E-state index contributed by atoms with van der Waals surface area (Å²) < 4.78 is 5.58. The van der Waals surface area contributed by atoms with Crippen LogP contribution in [0.15, 0.2) is 0 Å². The Morgan fingerprint density at radius 3 is 2.29 bits per heavy atom. The number of rotatable bonds is 10. The number of nitrogens with two attached hydrogens (primary N) is 1. The minimum atomic E-state index is 0.209. The summed E-state index contributed by atoms with van der Waals surface area (Å²) in [7, 11) is 4.24.